The topological polar surface area (TPSA) is 26.5 Å². The van der Waals surface area contributed by atoms with Gasteiger partial charge in [-0.3, -0.25) is 4.40 Å². The molecule has 24 heavy (non-hydrogen) atoms. The molecule has 0 saturated heterocycles. The highest BCUT2D eigenvalue weighted by atomic mass is 16.5. The maximum absolute atomic E-state index is 6.13. The molecule has 0 aliphatic heterocycles. The summed E-state index contributed by atoms with van der Waals surface area (Å²) in [5.41, 5.74) is 4.45. The number of fused-ring (bicyclic) bond motifs is 3. The number of pyridine rings is 1. The molecule has 0 aliphatic rings. The molecular formula is C21H20N2O. The largest absolute Gasteiger partial charge is 0.488 e. The summed E-state index contributed by atoms with van der Waals surface area (Å²) in [6.45, 7) is 4.94. The van der Waals surface area contributed by atoms with E-state index in [1.807, 2.05) is 30.5 Å². The Kier molecular flexibility index (Phi) is 3.69. The Labute approximate surface area is 141 Å². The van der Waals surface area contributed by atoms with E-state index < -0.39 is 0 Å². The summed E-state index contributed by atoms with van der Waals surface area (Å²) in [6.07, 6.45) is 1.97. The molecule has 0 unspecified atom stereocenters. The van der Waals surface area contributed by atoms with E-state index in [2.05, 4.69) is 59.6 Å². The molecule has 2 heterocycles. The number of para-hydroxylation sites is 1. The van der Waals surface area contributed by atoms with Crippen LogP contribution in [0.1, 0.15) is 31.0 Å². The van der Waals surface area contributed by atoms with E-state index >= 15 is 0 Å². The fourth-order valence-corrected chi connectivity index (χ4v) is 3.08. The molecular weight excluding hydrogens is 296 g/mol. The van der Waals surface area contributed by atoms with Crippen LogP contribution in [0, 0.1) is 0 Å². The lowest BCUT2D eigenvalue weighted by molar-refractivity contribution is 0.310. The van der Waals surface area contributed by atoms with Crippen LogP contribution in [0.15, 0.2) is 66.9 Å². The minimum atomic E-state index is 0.416. The van der Waals surface area contributed by atoms with Gasteiger partial charge in [0.05, 0.1) is 5.52 Å². The van der Waals surface area contributed by atoms with Crippen LogP contribution >= 0.6 is 0 Å². The van der Waals surface area contributed by atoms with Gasteiger partial charge < -0.3 is 4.74 Å². The van der Waals surface area contributed by atoms with Crippen molar-refractivity contribution in [1.82, 2.24) is 9.38 Å². The highest BCUT2D eigenvalue weighted by Crippen LogP contribution is 2.31. The molecule has 4 aromatic rings. The summed E-state index contributed by atoms with van der Waals surface area (Å²) < 4.78 is 8.36. The van der Waals surface area contributed by atoms with E-state index in [1.165, 1.54) is 5.69 Å². The molecule has 4 rings (SSSR count). The summed E-state index contributed by atoms with van der Waals surface area (Å²) in [6, 6.07) is 20.6. The lowest BCUT2D eigenvalue weighted by Gasteiger charge is -2.13. The van der Waals surface area contributed by atoms with Gasteiger partial charge in [0, 0.05) is 23.3 Å². The molecule has 3 nitrogen and oxygen atoms in total. The summed E-state index contributed by atoms with van der Waals surface area (Å²) in [4.78, 5) is 4.59. The summed E-state index contributed by atoms with van der Waals surface area (Å²) >= 11 is 0. The Balaban J connectivity index is 1.83. The van der Waals surface area contributed by atoms with Crippen molar-refractivity contribution in [1.29, 1.82) is 0 Å². The van der Waals surface area contributed by atoms with E-state index in [9.17, 15) is 0 Å². The van der Waals surface area contributed by atoms with Gasteiger partial charge in [0.2, 0.25) is 0 Å². The van der Waals surface area contributed by atoms with Crippen LogP contribution in [0.2, 0.25) is 0 Å². The third kappa shape index (κ3) is 2.52. The normalized spacial score (nSPS) is 11.5. The van der Waals surface area contributed by atoms with Gasteiger partial charge in [-0.05, 0) is 23.6 Å². The quantitative estimate of drug-likeness (QED) is 0.518. The van der Waals surface area contributed by atoms with Gasteiger partial charge >= 0.3 is 0 Å². The van der Waals surface area contributed by atoms with Crippen molar-refractivity contribution in [2.45, 2.75) is 26.4 Å². The average molecular weight is 316 g/mol. The third-order valence-corrected chi connectivity index (χ3v) is 4.32. The first kappa shape index (κ1) is 14.8. The van der Waals surface area contributed by atoms with E-state index in [1.54, 1.807) is 0 Å². The second kappa shape index (κ2) is 6.00. The fraction of sp³-hybridized carbons (Fsp3) is 0.190. The Morgan fingerprint density at radius 1 is 1.00 bits per heavy atom. The van der Waals surface area contributed by atoms with E-state index in [4.69, 9.17) is 4.74 Å². The molecule has 0 amide bonds. The molecule has 0 fully saturated rings. The number of hydrogen-bond acceptors (Lipinski definition) is 2. The number of rotatable bonds is 4. The van der Waals surface area contributed by atoms with Crippen LogP contribution in [-0.2, 0) is 6.61 Å². The van der Waals surface area contributed by atoms with Gasteiger partial charge in [-0.1, -0.05) is 56.3 Å². The Hall–Kier alpha value is -2.81. The monoisotopic (exact) mass is 316 g/mol. The molecule has 0 atom stereocenters. The van der Waals surface area contributed by atoms with Crippen LogP contribution in [0.4, 0.5) is 0 Å². The lowest BCUT2D eigenvalue weighted by atomic mass is 10.1. The number of ether oxygens (including phenoxy) is 1. The second-order valence-corrected chi connectivity index (χ2v) is 6.33. The smallest absolute Gasteiger partial charge is 0.141 e. The summed E-state index contributed by atoms with van der Waals surface area (Å²) in [5, 5.41) is 1.11. The molecule has 3 heteroatoms. The first-order chi connectivity index (χ1) is 11.7. The highest BCUT2D eigenvalue weighted by molar-refractivity contribution is 5.88. The van der Waals surface area contributed by atoms with Crippen molar-refractivity contribution in [3.05, 3.63) is 78.1 Å². The van der Waals surface area contributed by atoms with Crippen molar-refractivity contribution in [2.75, 3.05) is 0 Å². The SMILES string of the molecule is CC(C)c1cnc2cc(OCc3ccccc3)c3ccccc3n12. The third-order valence-electron chi connectivity index (χ3n) is 4.32. The van der Waals surface area contributed by atoms with Gasteiger partial charge in [-0.25, -0.2) is 4.98 Å². The lowest BCUT2D eigenvalue weighted by Crippen LogP contribution is -2.00. The van der Waals surface area contributed by atoms with Gasteiger partial charge in [0.1, 0.15) is 18.0 Å². The molecule has 2 aromatic carbocycles. The van der Waals surface area contributed by atoms with E-state index in [0.717, 1.165) is 27.9 Å². The molecule has 0 bridgehead atoms. The molecule has 2 aromatic heterocycles. The second-order valence-electron chi connectivity index (χ2n) is 6.33. The van der Waals surface area contributed by atoms with Gasteiger partial charge in [0.25, 0.3) is 0 Å². The predicted molar refractivity (Wildman–Crippen MR) is 97.6 cm³/mol. The molecule has 0 radical (unpaired) electrons. The standard InChI is InChI=1S/C21H20N2O/c1-15(2)19-13-22-21-12-20(24-14-16-8-4-3-5-9-16)17-10-6-7-11-18(17)23(19)21/h3-13,15H,14H2,1-2H3. The number of aromatic nitrogens is 2. The fourth-order valence-electron chi connectivity index (χ4n) is 3.08. The molecule has 0 spiro atoms. The Bertz CT molecular complexity index is 987. The zero-order valence-electron chi connectivity index (χ0n) is 13.9. The first-order valence-corrected chi connectivity index (χ1v) is 8.30. The van der Waals surface area contributed by atoms with Crippen LogP contribution < -0.4 is 4.74 Å². The molecule has 0 N–H and O–H groups in total. The molecule has 120 valence electrons. The maximum Gasteiger partial charge on any atom is 0.141 e. The van der Waals surface area contributed by atoms with Crippen LogP contribution in [-0.4, -0.2) is 9.38 Å². The average Bonchev–Trinajstić information content (AvgIpc) is 3.05. The minimum absolute atomic E-state index is 0.416. The maximum atomic E-state index is 6.13. The summed E-state index contributed by atoms with van der Waals surface area (Å²) in [7, 11) is 0. The predicted octanol–water partition coefficient (Wildman–Crippen LogP) is 5.19. The van der Waals surface area contributed by atoms with Crippen molar-refractivity contribution >= 4 is 16.6 Å². The number of hydrogen-bond donors (Lipinski definition) is 0. The number of imidazole rings is 1. The van der Waals surface area contributed by atoms with Crippen molar-refractivity contribution in [3.63, 3.8) is 0 Å². The van der Waals surface area contributed by atoms with E-state index in [-0.39, 0.29) is 0 Å². The minimum Gasteiger partial charge on any atom is -0.488 e. The Morgan fingerprint density at radius 2 is 1.75 bits per heavy atom. The number of benzene rings is 2. The number of nitrogens with zero attached hydrogens (tertiary/aromatic N) is 2. The highest BCUT2D eigenvalue weighted by Gasteiger charge is 2.13. The van der Waals surface area contributed by atoms with Crippen LogP contribution in [0.5, 0.6) is 5.75 Å². The zero-order valence-corrected chi connectivity index (χ0v) is 13.9. The Morgan fingerprint density at radius 3 is 2.54 bits per heavy atom. The molecule has 0 saturated carbocycles. The molecule has 0 aliphatic carbocycles. The summed E-state index contributed by atoms with van der Waals surface area (Å²) in [5.74, 6) is 1.29. The van der Waals surface area contributed by atoms with Gasteiger partial charge in [0.15, 0.2) is 0 Å². The van der Waals surface area contributed by atoms with Crippen LogP contribution in [0.25, 0.3) is 16.6 Å². The van der Waals surface area contributed by atoms with Crippen molar-refractivity contribution < 1.29 is 4.74 Å². The van der Waals surface area contributed by atoms with Crippen LogP contribution in [0.3, 0.4) is 0 Å². The van der Waals surface area contributed by atoms with Crippen molar-refractivity contribution in [3.8, 4) is 5.75 Å². The van der Waals surface area contributed by atoms with E-state index in [0.29, 0.717) is 12.5 Å². The zero-order chi connectivity index (χ0) is 16.5. The van der Waals surface area contributed by atoms with Gasteiger partial charge in [-0.2, -0.15) is 0 Å². The van der Waals surface area contributed by atoms with Gasteiger partial charge in [-0.15, -0.1) is 0 Å². The van der Waals surface area contributed by atoms with Crippen molar-refractivity contribution in [2.24, 2.45) is 0 Å². The first-order valence-electron chi connectivity index (χ1n) is 8.30.